The summed E-state index contributed by atoms with van der Waals surface area (Å²) in [6, 6.07) is 4.93. The Bertz CT molecular complexity index is 1120. The van der Waals surface area contributed by atoms with E-state index in [0.717, 1.165) is 42.1 Å². The highest BCUT2D eigenvalue weighted by atomic mass is 16.2. The third-order valence-electron chi connectivity index (χ3n) is 7.01. The van der Waals surface area contributed by atoms with Crippen LogP contribution >= 0.6 is 0 Å². The second-order valence-electron chi connectivity index (χ2n) is 10.7. The van der Waals surface area contributed by atoms with Gasteiger partial charge in [0.1, 0.15) is 18.1 Å². The molecule has 1 aromatic carbocycles. The third-order valence-corrected chi connectivity index (χ3v) is 7.01. The molecule has 2 aromatic rings. The molecule has 1 aliphatic carbocycles. The first-order valence-electron chi connectivity index (χ1n) is 13.0. The molecule has 1 aliphatic rings. The average molecular weight is 513 g/mol. The van der Waals surface area contributed by atoms with Crippen molar-refractivity contribution < 1.29 is 19.2 Å². The number of hydrogen-bond acceptors (Lipinski definition) is 5. The molecule has 37 heavy (non-hydrogen) atoms. The summed E-state index contributed by atoms with van der Waals surface area (Å²) in [5, 5.41) is 9.03. The highest BCUT2D eigenvalue weighted by Gasteiger charge is 2.31. The summed E-state index contributed by atoms with van der Waals surface area (Å²) in [6.07, 6.45) is 7.91. The lowest BCUT2D eigenvalue weighted by molar-refractivity contribution is -0.134. The minimum atomic E-state index is -1.20. The van der Waals surface area contributed by atoms with Crippen LogP contribution in [0.2, 0.25) is 0 Å². The van der Waals surface area contributed by atoms with E-state index in [1.165, 1.54) is 13.3 Å². The molecule has 1 saturated carbocycles. The van der Waals surface area contributed by atoms with Crippen LogP contribution in [0.25, 0.3) is 10.9 Å². The zero-order valence-corrected chi connectivity index (χ0v) is 21.9. The van der Waals surface area contributed by atoms with E-state index in [-0.39, 0.29) is 6.42 Å². The van der Waals surface area contributed by atoms with Gasteiger partial charge in [0, 0.05) is 23.5 Å². The molecule has 1 aromatic heterocycles. The first-order valence-corrected chi connectivity index (χ1v) is 13.0. The van der Waals surface area contributed by atoms with Crippen LogP contribution in [-0.2, 0) is 25.6 Å². The fourth-order valence-corrected chi connectivity index (χ4v) is 4.75. The second kappa shape index (κ2) is 12.2. The Labute approximate surface area is 217 Å². The maximum absolute atomic E-state index is 13.3. The lowest BCUT2D eigenvalue weighted by Crippen LogP contribution is -2.59. The zero-order valence-electron chi connectivity index (χ0n) is 21.9. The molecule has 0 aliphatic heterocycles. The molecule has 0 saturated heterocycles. The number of nitrogens with two attached hydrogens (primary N) is 2. The van der Waals surface area contributed by atoms with Crippen LogP contribution in [0.5, 0.6) is 0 Å². The van der Waals surface area contributed by atoms with E-state index in [9.17, 15) is 19.2 Å². The standard InChI is InChI=1S/C27H40N6O4/c1-16(24(35)32-21(23(28)34)13-17-9-5-4-6-10-17)31-25(36)22(33-26(37)27(2,3)29)14-18-15-30-20-12-8-7-11-19(18)20/h7-8,11-12,15-17,21-22,30H,4-6,9-10,13-14,29H2,1-3H3,(H2,28,34)(H,31,36)(H,32,35)(H,33,37)/t16-,21+,22-/m1/s1. The first-order chi connectivity index (χ1) is 17.5. The van der Waals surface area contributed by atoms with Crippen LogP contribution in [0.15, 0.2) is 30.5 Å². The quantitative estimate of drug-likeness (QED) is 0.266. The molecule has 4 amide bonds. The molecule has 10 heteroatoms. The minimum Gasteiger partial charge on any atom is -0.368 e. The Morgan fingerprint density at radius 2 is 1.68 bits per heavy atom. The van der Waals surface area contributed by atoms with Crippen LogP contribution in [0.3, 0.4) is 0 Å². The van der Waals surface area contributed by atoms with E-state index in [2.05, 4.69) is 20.9 Å². The number of hydrogen-bond donors (Lipinski definition) is 6. The number of primary amides is 1. The Morgan fingerprint density at radius 1 is 1.00 bits per heavy atom. The molecule has 3 rings (SSSR count). The Hall–Kier alpha value is -3.40. The van der Waals surface area contributed by atoms with Crippen molar-refractivity contribution in [1.29, 1.82) is 0 Å². The summed E-state index contributed by atoms with van der Waals surface area (Å²) in [5.41, 5.74) is 12.1. The number of rotatable bonds is 11. The van der Waals surface area contributed by atoms with Crippen molar-refractivity contribution in [3.63, 3.8) is 0 Å². The van der Waals surface area contributed by atoms with Gasteiger partial charge in [0.15, 0.2) is 0 Å². The summed E-state index contributed by atoms with van der Waals surface area (Å²) in [4.78, 5) is 54.0. The number of aromatic amines is 1. The van der Waals surface area contributed by atoms with Crippen molar-refractivity contribution >= 4 is 34.5 Å². The van der Waals surface area contributed by atoms with Gasteiger partial charge in [0.05, 0.1) is 5.54 Å². The predicted molar refractivity (Wildman–Crippen MR) is 142 cm³/mol. The lowest BCUT2D eigenvalue weighted by atomic mass is 9.84. The maximum Gasteiger partial charge on any atom is 0.243 e. The van der Waals surface area contributed by atoms with Gasteiger partial charge >= 0.3 is 0 Å². The van der Waals surface area contributed by atoms with Crippen molar-refractivity contribution in [3.8, 4) is 0 Å². The Kier molecular flexibility index (Phi) is 9.31. The van der Waals surface area contributed by atoms with Gasteiger partial charge in [-0.25, -0.2) is 0 Å². The summed E-state index contributed by atoms with van der Waals surface area (Å²) < 4.78 is 0. The number of para-hydroxylation sites is 1. The molecule has 0 spiro atoms. The fraction of sp³-hybridized carbons (Fsp3) is 0.556. The van der Waals surface area contributed by atoms with E-state index in [0.29, 0.717) is 12.3 Å². The van der Waals surface area contributed by atoms with E-state index < -0.39 is 47.3 Å². The van der Waals surface area contributed by atoms with Crippen LogP contribution in [0.1, 0.15) is 64.9 Å². The number of fused-ring (bicyclic) bond motifs is 1. The van der Waals surface area contributed by atoms with Gasteiger partial charge in [0.2, 0.25) is 23.6 Å². The molecule has 0 bridgehead atoms. The van der Waals surface area contributed by atoms with Crippen LogP contribution in [-0.4, -0.2) is 52.3 Å². The van der Waals surface area contributed by atoms with E-state index in [1.54, 1.807) is 20.0 Å². The SMILES string of the molecule is C[C@@H](NC(=O)[C@@H](Cc1c[nH]c2ccccc12)NC(=O)C(C)(C)N)C(=O)N[C@@H](CC1CCCCC1)C(N)=O. The summed E-state index contributed by atoms with van der Waals surface area (Å²) in [5.74, 6) is -1.79. The molecule has 0 unspecified atom stereocenters. The fourth-order valence-electron chi connectivity index (χ4n) is 4.75. The highest BCUT2D eigenvalue weighted by Crippen LogP contribution is 2.27. The molecule has 10 nitrogen and oxygen atoms in total. The topological polar surface area (TPSA) is 172 Å². The Balaban J connectivity index is 1.68. The molecule has 8 N–H and O–H groups in total. The number of carbonyl (C=O) groups is 4. The largest absolute Gasteiger partial charge is 0.368 e. The van der Waals surface area contributed by atoms with Crippen molar-refractivity contribution in [3.05, 3.63) is 36.0 Å². The molecule has 3 atom stereocenters. The average Bonchev–Trinajstić information content (AvgIpc) is 3.25. The molecular weight excluding hydrogens is 472 g/mol. The van der Waals surface area contributed by atoms with Crippen LogP contribution < -0.4 is 27.4 Å². The molecular formula is C27H40N6O4. The van der Waals surface area contributed by atoms with Gasteiger partial charge in [-0.15, -0.1) is 0 Å². The number of amides is 4. The van der Waals surface area contributed by atoms with Crippen LogP contribution in [0, 0.1) is 5.92 Å². The molecule has 1 fully saturated rings. The highest BCUT2D eigenvalue weighted by molar-refractivity contribution is 5.95. The molecule has 202 valence electrons. The minimum absolute atomic E-state index is 0.192. The van der Waals surface area contributed by atoms with E-state index in [4.69, 9.17) is 11.5 Å². The van der Waals surface area contributed by atoms with Gasteiger partial charge in [-0.1, -0.05) is 50.3 Å². The number of aromatic nitrogens is 1. The number of H-pyrrole nitrogens is 1. The summed E-state index contributed by atoms with van der Waals surface area (Å²) in [6.45, 7) is 4.63. The van der Waals surface area contributed by atoms with Gasteiger partial charge in [-0.2, -0.15) is 0 Å². The third kappa shape index (κ3) is 7.79. The number of benzene rings is 1. The Morgan fingerprint density at radius 3 is 2.32 bits per heavy atom. The maximum atomic E-state index is 13.3. The van der Waals surface area contributed by atoms with Gasteiger partial charge in [-0.05, 0) is 44.7 Å². The van der Waals surface area contributed by atoms with E-state index in [1.807, 2.05) is 24.3 Å². The summed E-state index contributed by atoms with van der Waals surface area (Å²) in [7, 11) is 0. The predicted octanol–water partition coefficient (Wildman–Crippen LogP) is 1.38. The smallest absolute Gasteiger partial charge is 0.243 e. The van der Waals surface area contributed by atoms with Crippen molar-refractivity contribution in [2.45, 2.75) is 89.4 Å². The van der Waals surface area contributed by atoms with Crippen molar-refractivity contribution in [2.24, 2.45) is 17.4 Å². The van der Waals surface area contributed by atoms with Crippen LogP contribution in [0.4, 0.5) is 0 Å². The first kappa shape index (κ1) is 28.2. The van der Waals surface area contributed by atoms with E-state index >= 15 is 0 Å². The van der Waals surface area contributed by atoms with Gasteiger partial charge < -0.3 is 32.4 Å². The zero-order chi connectivity index (χ0) is 27.2. The summed E-state index contributed by atoms with van der Waals surface area (Å²) >= 11 is 0. The molecule has 1 heterocycles. The van der Waals surface area contributed by atoms with Crippen molar-refractivity contribution in [2.75, 3.05) is 0 Å². The van der Waals surface area contributed by atoms with Gasteiger partial charge in [-0.3, -0.25) is 19.2 Å². The monoisotopic (exact) mass is 512 g/mol. The second-order valence-corrected chi connectivity index (χ2v) is 10.7. The normalized spacial score (nSPS) is 17.0. The van der Waals surface area contributed by atoms with Gasteiger partial charge in [0.25, 0.3) is 0 Å². The number of carbonyl (C=O) groups excluding carboxylic acids is 4. The van der Waals surface area contributed by atoms with Crippen molar-refractivity contribution in [1.82, 2.24) is 20.9 Å². The number of nitrogens with one attached hydrogen (secondary N) is 4. The lowest BCUT2D eigenvalue weighted by Gasteiger charge is -2.27. The molecule has 0 radical (unpaired) electrons.